The van der Waals surface area contributed by atoms with Crippen LogP contribution in [0.1, 0.15) is 27.7 Å². The molecule has 0 aliphatic carbocycles. The molecule has 0 N–H and O–H groups in total. The Morgan fingerprint density at radius 1 is 1.35 bits per heavy atom. The number of carbonyl (C=O) groups is 1. The van der Waals surface area contributed by atoms with Crippen LogP contribution in [0.5, 0.6) is 0 Å². The van der Waals surface area contributed by atoms with Crippen LogP contribution in [0.25, 0.3) is 0 Å². The molecule has 1 amide bonds. The Kier molecular flexibility index (Phi) is 6.30. The quantitative estimate of drug-likeness (QED) is 0.726. The fourth-order valence-corrected chi connectivity index (χ4v) is 5.33. The highest BCUT2D eigenvalue weighted by molar-refractivity contribution is 8.00. The van der Waals surface area contributed by atoms with E-state index in [-0.39, 0.29) is 11.9 Å². The minimum absolute atomic E-state index is 0.0612. The third-order valence-electron chi connectivity index (χ3n) is 3.58. The highest BCUT2D eigenvalue weighted by atomic mass is 32.2. The van der Waals surface area contributed by atoms with Crippen molar-refractivity contribution < 1.29 is 13.2 Å². The Balaban J connectivity index is 2.98. The minimum atomic E-state index is -3.56. The topological polar surface area (TPSA) is 60.9 Å². The maximum absolute atomic E-state index is 12.6. The molecular weight excluding hydrogens is 298 g/mol. The molecule has 1 fully saturated rings. The lowest BCUT2D eigenvalue weighted by Gasteiger charge is -2.31. The molecule has 0 bridgehead atoms. The first-order valence-electron chi connectivity index (χ1n) is 6.88. The van der Waals surface area contributed by atoms with Gasteiger partial charge in [0.1, 0.15) is 6.04 Å². The van der Waals surface area contributed by atoms with Gasteiger partial charge in [-0.15, -0.1) is 11.8 Å². The van der Waals surface area contributed by atoms with Gasteiger partial charge in [0.25, 0.3) is 10.2 Å². The number of rotatable bonds is 6. The van der Waals surface area contributed by atoms with Crippen molar-refractivity contribution in [3.05, 3.63) is 0 Å². The van der Waals surface area contributed by atoms with E-state index in [1.165, 1.54) is 20.4 Å². The Morgan fingerprint density at radius 3 is 2.35 bits per heavy atom. The van der Waals surface area contributed by atoms with E-state index in [0.717, 1.165) is 0 Å². The zero-order chi connectivity index (χ0) is 15.5. The van der Waals surface area contributed by atoms with Gasteiger partial charge in [-0.3, -0.25) is 4.79 Å². The number of amides is 1. The van der Waals surface area contributed by atoms with Gasteiger partial charge in [0, 0.05) is 31.9 Å². The van der Waals surface area contributed by atoms with Crippen LogP contribution in [-0.2, 0) is 15.0 Å². The van der Waals surface area contributed by atoms with E-state index in [0.29, 0.717) is 24.7 Å². The molecular formula is C12H25N3O3S2. The second-order valence-corrected chi connectivity index (χ2v) is 7.92. The lowest BCUT2D eigenvalue weighted by atomic mass is 10.2. The summed E-state index contributed by atoms with van der Waals surface area (Å²) < 4.78 is 27.9. The molecule has 0 saturated carbocycles. The summed E-state index contributed by atoms with van der Waals surface area (Å²) in [5.41, 5.74) is 0. The van der Waals surface area contributed by atoms with Crippen molar-refractivity contribution in [1.29, 1.82) is 0 Å². The number of hydrogen-bond acceptors (Lipinski definition) is 4. The Bertz CT molecular complexity index is 435. The summed E-state index contributed by atoms with van der Waals surface area (Å²) in [5.74, 6) is 0.748. The van der Waals surface area contributed by atoms with Gasteiger partial charge < -0.3 is 4.90 Å². The van der Waals surface area contributed by atoms with E-state index in [1.54, 1.807) is 25.8 Å². The van der Waals surface area contributed by atoms with Crippen LogP contribution >= 0.6 is 11.8 Å². The van der Waals surface area contributed by atoms with Gasteiger partial charge in [-0.05, 0) is 13.8 Å². The smallest absolute Gasteiger partial charge is 0.283 e. The molecule has 6 nitrogen and oxygen atoms in total. The van der Waals surface area contributed by atoms with Crippen molar-refractivity contribution in [2.24, 2.45) is 0 Å². The lowest BCUT2D eigenvalue weighted by Crippen LogP contribution is -2.53. The molecule has 1 unspecified atom stereocenters. The van der Waals surface area contributed by atoms with E-state index in [4.69, 9.17) is 0 Å². The monoisotopic (exact) mass is 323 g/mol. The van der Waals surface area contributed by atoms with Crippen LogP contribution in [0.3, 0.4) is 0 Å². The van der Waals surface area contributed by atoms with Crippen molar-refractivity contribution in [3.8, 4) is 0 Å². The van der Waals surface area contributed by atoms with Crippen molar-refractivity contribution in [3.63, 3.8) is 0 Å². The second-order valence-electron chi connectivity index (χ2n) is 5.04. The molecule has 0 spiro atoms. The van der Waals surface area contributed by atoms with Crippen LogP contribution in [-0.4, -0.2) is 71.7 Å². The third-order valence-corrected chi connectivity index (χ3v) is 6.90. The maximum Gasteiger partial charge on any atom is 0.283 e. The largest absolute Gasteiger partial charge is 0.342 e. The molecule has 0 aromatic rings. The number of hydrogen-bond donors (Lipinski definition) is 0. The molecule has 20 heavy (non-hydrogen) atoms. The van der Waals surface area contributed by atoms with Gasteiger partial charge in [0.15, 0.2) is 0 Å². The molecule has 1 atom stereocenters. The average molecular weight is 323 g/mol. The van der Waals surface area contributed by atoms with E-state index in [1.807, 2.05) is 13.8 Å². The number of thioether (sulfide) groups is 1. The normalized spacial score (nSPS) is 20.9. The van der Waals surface area contributed by atoms with Gasteiger partial charge in [-0.2, -0.15) is 17.0 Å². The van der Waals surface area contributed by atoms with E-state index in [2.05, 4.69) is 0 Å². The molecule has 1 heterocycles. The molecule has 1 saturated heterocycles. The highest BCUT2D eigenvalue weighted by Gasteiger charge is 2.42. The Morgan fingerprint density at radius 2 is 1.90 bits per heavy atom. The maximum atomic E-state index is 12.6. The highest BCUT2D eigenvalue weighted by Crippen LogP contribution is 2.27. The summed E-state index contributed by atoms with van der Waals surface area (Å²) >= 11 is 1.49. The summed E-state index contributed by atoms with van der Waals surface area (Å²) in [5, 5.41) is 0. The number of nitrogens with zero attached hydrogens (tertiary/aromatic N) is 3. The molecule has 0 radical (unpaired) electrons. The van der Waals surface area contributed by atoms with Gasteiger partial charge in [-0.1, -0.05) is 13.8 Å². The summed E-state index contributed by atoms with van der Waals surface area (Å²) in [4.78, 5) is 14.0. The van der Waals surface area contributed by atoms with Gasteiger partial charge in [0.2, 0.25) is 5.91 Å². The third kappa shape index (κ3) is 3.47. The zero-order valence-electron chi connectivity index (χ0n) is 12.9. The van der Waals surface area contributed by atoms with Crippen molar-refractivity contribution in [2.75, 3.05) is 31.8 Å². The molecule has 1 aliphatic rings. The first-order chi connectivity index (χ1) is 9.27. The molecule has 0 aromatic heterocycles. The first-order valence-corrected chi connectivity index (χ1v) is 9.43. The molecule has 8 heteroatoms. The minimum Gasteiger partial charge on any atom is -0.342 e. The zero-order valence-corrected chi connectivity index (χ0v) is 14.5. The Labute approximate surface area is 126 Å². The standard InChI is InChI=1S/C12H25N3O3S2/c1-6-14(7-2)20(17,18)15-9-19-8-11(15)12(16)13(5)10(3)4/h10-11H,6-9H2,1-5H3. The molecule has 0 aromatic carbocycles. The number of carbonyl (C=O) groups excluding carboxylic acids is 1. The van der Waals surface area contributed by atoms with Crippen LogP contribution in [0.4, 0.5) is 0 Å². The van der Waals surface area contributed by atoms with Crippen molar-refractivity contribution in [2.45, 2.75) is 39.8 Å². The van der Waals surface area contributed by atoms with Crippen LogP contribution in [0.2, 0.25) is 0 Å². The van der Waals surface area contributed by atoms with Crippen molar-refractivity contribution >= 4 is 27.9 Å². The van der Waals surface area contributed by atoms with Gasteiger partial charge >= 0.3 is 0 Å². The van der Waals surface area contributed by atoms with Crippen LogP contribution in [0.15, 0.2) is 0 Å². The lowest BCUT2D eigenvalue weighted by molar-refractivity contribution is -0.134. The fraction of sp³-hybridized carbons (Fsp3) is 0.917. The SMILES string of the molecule is CCN(CC)S(=O)(=O)N1CSCC1C(=O)N(C)C(C)C. The van der Waals surface area contributed by atoms with Gasteiger partial charge in [-0.25, -0.2) is 0 Å². The van der Waals surface area contributed by atoms with E-state index < -0.39 is 16.3 Å². The summed E-state index contributed by atoms with van der Waals surface area (Å²) in [6.45, 7) is 8.29. The number of likely N-dealkylation sites (N-methyl/N-ethyl adjacent to an activating group) is 1. The van der Waals surface area contributed by atoms with Crippen LogP contribution < -0.4 is 0 Å². The average Bonchev–Trinajstić information content (AvgIpc) is 2.87. The fourth-order valence-electron chi connectivity index (χ4n) is 2.04. The first kappa shape index (κ1) is 17.7. The van der Waals surface area contributed by atoms with Crippen molar-refractivity contribution in [1.82, 2.24) is 13.5 Å². The Hall–Kier alpha value is -0.310. The predicted octanol–water partition coefficient (Wildman–Crippen LogP) is 0.815. The summed E-state index contributed by atoms with van der Waals surface area (Å²) in [6.07, 6.45) is 0. The van der Waals surface area contributed by atoms with E-state index in [9.17, 15) is 13.2 Å². The molecule has 1 aliphatic heterocycles. The molecule has 118 valence electrons. The molecule has 1 rings (SSSR count). The summed E-state index contributed by atoms with van der Waals surface area (Å²) in [7, 11) is -1.84. The van der Waals surface area contributed by atoms with Crippen LogP contribution in [0, 0.1) is 0 Å². The van der Waals surface area contributed by atoms with Gasteiger partial charge in [0.05, 0.1) is 5.88 Å². The summed E-state index contributed by atoms with van der Waals surface area (Å²) in [6, 6.07) is -0.524. The predicted molar refractivity (Wildman–Crippen MR) is 82.7 cm³/mol. The second kappa shape index (κ2) is 7.11. The van der Waals surface area contributed by atoms with E-state index >= 15 is 0 Å².